The first-order chi connectivity index (χ1) is 5.74. The average Bonchev–Trinajstić information content (AvgIpc) is 2.48. The molecule has 12 heavy (non-hydrogen) atoms. The van der Waals surface area contributed by atoms with Gasteiger partial charge in [0.1, 0.15) is 0 Å². The molecule has 0 saturated heterocycles. The van der Waals surface area contributed by atoms with Gasteiger partial charge in [0.05, 0.1) is 13.0 Å². The molecule has 0 aliphatic heterocycles. The second kappa shape index (κ2) is 3.82. The van der Waals surface area contributed by atoms with Crippen molar-refractivity contribution in [1.82, 2.24) is 10.1 Å². The van der Waals surface area contributed by atoms with E-state index in [0.29, 0.717) is 13.0 Å². The summed E-state index contributed by atoms with van der Waals surface area (Å²) in [5.74, 6) is -1.24. The van der Waals surface area contributed by atoms with E-state index < -0.39 is 5.97 Å². The van der Waals surface area contributed by atoms with Crippen LogP contribution in [0.1, 0.15) is 16.5 Å². The summed E-state index contributed by atoms with van der Waals surface area (Å²) < 4.78 is 9.35. The Balaban J connectivity index is 2.58. The second-order valence-electron chi connectivity index (χ2n) is 2.06. The Bertz CT molecular complexity index is 270. The van der Waals surface area contributed by atoms with E-state index in [1.807, 2.05) is 0 Å². The van der Waals surface area contributed by atoms with Gasteiger partial charge >= 0.3 is 5.97 Å². The predicted molar refractivity (Wildman–Crippen MR) is 36.8 cm³/mol. The minimum atomic E-state index is -1.19. The summed E-state index contributed by atoms with van der Waals surface area (Å²) in [6.07, 6.45) is 0.427. The molecule has 0 aromatic carbocycles. The van der Waals surface area contributed by atoms with Gasteiger partial charge in [-0.15, -0.1) is 0 Å². The normalized spacial score (nSPS) is 10.1. The van der Waals surface area contributed by atoms with Crippen molar-refractivity contribution in [3.05, 3.63) is 11.7 Å². The van der Waals surface area contributed by atoms with Crippen LogP contribution in [0, 0.1) is 0 Å². The zero-order valence-corrected chi connectivity index (χ0v) is 6.48. The third kappa shape index (κ3) is 2.03. The van der Waals surface area contributed by atoms with Gasteiger partial charge in [-0.3, -0.25) is 0 Å². The van der Waals surface area contributed by atoms with Crippen molar-refractivity contribution in [3.63, 3.8) is 0 Å². The van der Waals surface area contributed by atoms with Crippen LogP contribution >= 0.6 is 0 Å². The summed E-state index contributed by atoms with van der Waals surface area (Å²) in [5, 5.41) is 11.6. The van der Waals surface area contributed by atoms with Gasteiger partial charge in [0.25, 0.3) is 5.82 Å². The predicted octanol–water partition coefficient (Wildman–Crippen LogP) is -0.0433. The van der Waals surface area contributed by atoms with E-state index in [2.05, 4.69) is 14.7 Å². The third-order valence-electron chi connectivity index (χ3n) is 1.18. The van der Waals surface area contributed by atoms with Crippen molar-refractivity contribution in [1.29, 1.82) is 0 Å². The number of hydrogen-bond acceptors (Lipinski definition) is 5. The van der Waals surface area contributed by atoms with Gasteiger partial charge in [0.15, 0.2) is 0 Å². The summed E-state index contributed by atoms with van der Waals surface area (Å²) >= 11 is 0. The molecule has 1 heterocycles. The molecule has 6 heteroatoms. The molecule has 0 radical (unpaired) electrons. The lowest BCUT2D eigenvalue weighted by molar-refractivity contribution is 0.0680. The van der Waals surface area contributed by atoms with Gasteiger partial charge in [-0.05, 0) is 5.16 Å². The molecule has 1 aromatic rings. The van der Waals surface area contributed by atoms with E-state index in [9.17, 15) is 4.79 Å². The maximum atomic E-state index is 10.3. The molecule has 0 unspecified atom stereocenters. The molecule has 1 rings (SSSR count). The van der Waals surface area contributed by atoms with Crippen molar-refractivity contribution in [2.24, 2.45) is 0 Å². The van der Waals surface area contributed by atoms with Crippen LogP contribution in [-0.4, -0.2) is 34.9 Å². The minimum absolute atomic E-state index is 0.272. The van der Waals surface area contributed by atoms with Crippen LogP contribution in [0.4, 0.5) is 0 Å². The molecule has 1 aromatic heterocycles. The van der Waals surface area contributed by atoms with Gasteiger partial charge in [-0.25, -0.2) is 4.79 Å². The summed E-state index contributed by atoms with van der Waals surface area (Å²) in [7, 11) is 1.54. The van der Waals surface area contributed by atoms with Crippen molar-refractivity contribution in [2.75, 3.05) is 13.7 Å². The lowest BCUT2D eigenvalue weighted by Gasteiger charge is -1.89. The molecular weight excluding hydrogens is 164 g/mol. The first-order valence-electron chi connectivity index (χ1n) is 3.29. The van der Waals surface area contributed by atoms with Gasteiger partial charge in [-0.1, -0.05) is 0 Å². The number of hydrogen-bond donors (Lipinski definition) is 1. The number of ether oxygens (including phenoxy) is 1. The van der Waals surface area contributed by atoms with Crippen LogP contribution in [0.25, 0.3) is 0 Å². The molecule has 0 bridgehead atoms. The van der Waals surface area contributed by atoms with Gasteiger partial charge < -0.3 is 14.4 Å². The zero-order chi connectivity index (χ0) is 8.97. The van der Waals surface area contributed by atoms with Crippen molar-refractivity contribution in [2.45, 2.75) is 6.42 Å². The Morgan fingerprint density at radius 3 is 3.00 bits per heavy atom. The monoisotopic (exact) mass is 172 g/mol. The fourth-order valence-electron chi connectivity index (χ4n) is 0.633. The number of carbonyl (C=O) groups is 1. The van der Waals surface area contributed by atoms with Crippen molar-refractivity contribution in [3.8, 4) is 0 Å². The number of aromatic carboxylic acids is 1. The minimum Gasteiger partial charge on any atom is -0.475 e. The SMILES string of the molecule is COCCc1nc(C(=O)O)no1. The van der Waals surface area contributed by atoms with Gasteiger partial charge in [-0.2, -0.15) is 4.98 Å². The highest BCUT2D eigenvalue weighted by Gasteiger charge is 2.11. The summed E-state index contributed by atoms with van der Waals surface area (Å²) in [6, 6.07) is 0. The zero-order valence-electron chi connectivity index (χ0n) is 6.48. The Hall–Kier alpha value is -1.43. The quantitative estimate of drug-likeness (QED) is 0.685. The molecule has 0 amide bonds. The topological polar surface area (TPSA) is 85.5 Å². The number of aromatic nitrogens is 2. The van der Waals surface area contributed by atoms with E-state index in [4.69, 9.17) is 9.84 Å². The number of nitrogens with zero attached hydrogens (tertiary/aromatic N) is 2. The molecule has 0 fully saturated rings. The third-order valence-corrected chi connectivity index (χ3v) is 1.18. The maximum Gasteiger partial charge on any atom is 0.377 e. The van der Waals surface area contributed by atoms with Crippen molar-refractivity contribution >= 4 is 5.97 Å². The largest absolute Gasteiger partial charge is 0.475 e. The van der Waals surface area contributed by atoms with Crippen LogP contribution in [-0.2, 0) is 11.2 Å². The molecular formula is C6H8N2O4. The average molecular weight is 172 g/mol. The number of carboxylic acid groups (broad SMARTS) is 1. The first-order valence-corrected chi connectivity index (χ1v) is 3.29. The lowest BCUT2D eigenvalue weighted by atomic mass is 10.4. The molecule has 1 N–H and O–H groups in total. The molecule has 0 aliphatic rings. The van der Waals surface area contributed by atoms with Gasteiger partial charge in [0.2, 0.25) is 5.89 Å². The molecule has 0 aliphatic carbocycles. The van der Waals surface area contributed by atoms with E-state index in [-0.39, 0.29) is 11.7 Å². The molecule has 0 saturated carbocycles. The second-order valence-corrected chi connectivity index (χ2v) is 2.06. The van der Waals surface area contributed by atoms with E-state index in [1.165, 1.54) is 7.11 Å². The van der Waals surface area contributed by atoms with E-state index in [1.54, 1.807) is 0 Å². The standard InChI is InChI=1S/C6H8N2O4/c1-11-3-2-4-7-5(6(9)10)8-12-4/h2-3H2,1H3,(H,9,10). The Morgan fingerprint density at radius 2 is 2.50 bits per heavy atom. The van der Waals surface area contributed by atoms with E-state index in [0.717, 1.165) is 0 Å². The highest BCUT2D eigenvalue weighted by Crippen LogP contribution is 1.97. The Labute approximate surface area is 68.1 Å². The molecule has 0 spiro atoms. The Morgan fingerprint density at radius 1 is 1.75 bits per heavy atom. The molecule has 6 nitrogen and oxygen atoms in total. The summed E-state index contributed by atoms with van der Waals surface area (Å²) in [4.78, 5) is 13.9. The first kappa shape index (κ1) is 8.66. The molecule has 0 atom stereocenters. The highest BCUT2D eigenvalue weighted by atomic mass is 16.5. The summed E-state index contributed by atoms with van der Waals surface area (Å²) in [5.41, 5.74) is 0. The van der Waals surface area contributed by atoms with Crippen molar-refractivity contribution < 1.29 is 19.2 Å². The smallest absolute Gasteiger partial charge is 0.377 e. The maximum absolute atomic E-state index is 10.3. The lowest BCUT2D eigenvalue weighted by Crippen LogP contribution is -2.00. The fraction of sp³-hybridized carbons (Fsp3) is 0.500. The fourth-order valence-corrected chi connectivity index (χ4v) is 0.633. The van der Waals surface area contributed by atoms with Gasteiger partial charge in [0, 0.05) is 7.11 Å². The molecule has 66 valence electrons. The number of carboxylic acids is 1. The number of methoxy groups -OCH3 is 1. The van der Waals surface area contributed by atoms with Crippen LogP contribution in [0.2, 0.25) is 0 Å². The number of rotatable bonds is 4. The van der Waals surface area contributed by atoms with E-state index >= 15 is 0 Å². The van der Waals surface area contributed by atoms with Crippen LogP contribution in [0.15, 0.2) is 4.52 Å². The highest BCUT2D eigenvalue weighted by molar-refractivity contribution is 5.82. The summed E-state index contributed by atoms with van der Waals surface area (Å²) in [6.45, 7) is 0.432. The van der Waals surface area contributed by atoms with Crippen LogP contribution < -0.4 is 0 Å². The van der Waals surface area contributed by atoms with Crippen LogP contribution in [0.5, 0.6) is 0 Å². The van der Waals surface area contributed by atoms with Crippen LogP contribution in [0.3, 0.4) is 0 Å². The Kier molecular flexibility index (Phi) is 2.76.